The van der Waals surface area contributed by atoms with Gasteiger partial charge in [-0.1, -0.05) is 13.8 Å². The second-order valence-corrected chi connectivity index (χ2v) is 8.19. The van der Waals surface area contributed by atoms with Crippen molar-refractivity contribution < 1.29 is 4.79 Å². The summed E-state index contributed by atoms with van der Waals surface area (Å²) in [5.41, 5.74) is 5.65. The van der Waals surface area contributed by atoms with E-state index in [4.69, 9.17) is 5.73 Å². The van der Waals surface area contributed by atoms with Gasteiger partial charge in [-0.05, 0) is 38.3 Å². The lowest BCUT2D eigenvalue weighted by Crippen LogP contribution is -2.38. The van der Waals surface area contributed by atoms with Gasteiger partial charge < -0.3 is 10.3 Å². The van der Waals surface area contributed by atoms with Gasteiger partial charge in [0.05, 0.1) is 6.54 Å². The number of hydrogen-bond donors (Lipinski definition) is 1. The summed E-state index contributed by atoms with van der Waals surface area (Å²) in [5, 5.41) is 0. The van der Waals surface area contributed by atoms with Gasteiger partial charge in [-0.15, -0.1) is 0 Å². The Morgan fingerprint density at radius 1 is 1.18 bits per heavy atom. The third-order valence-corrected chi connectivity index (χ3v) is 5.71. The molecule has 1 saturated heterocycles. The molecular weight excluding hydrogens is 360 g/mol. The van der Waals surface area contributed by atoms with E-state index in [-0.39, 0.29) is 23.1 Å². The Kier molecular flexibility index (Phi) is 5.74. The number of fused-ring (bicyclic) bond motifs is 1. The number of primary amides is 1. The minimum Gasteiger partial charge on any atom is -0.369 e. The SMILES string of the molecule is CC(C)CCn1c(CN2CCC(C(N)=O)CC2)nc2c1c(=O)n(C)c(=O)n2C. The van der Waals surface area contributed by atoms with Gasteiger partial charge in [0.2, 0.25) is 5.91 Å². The monoisotopic (exact) mass is 390 g/mol. The molecule has 3 rings (SSSR count). The van der Waals surface area contributed by atoms with Gasteiger partial charge >= 0.3 is 5.69 Å². The number of rotatable bonds is 6. The van der Waals surface area contributed by atoms with Crippen LogP contribution in [0, 0.1) is 11.8 Å². The Hall–Kier alpha value is -2.42. The van der Waals surface area contributed by atoms with Crippen LogP contribution in [0.1, 0.15) is 38.9 Å². The number of aryl methyl sites for hydroxylation is 2. The molecule has 1 aliphatic heterocycles. The Labute approximate surface area is 163 Å². The molecule has 1 fully saturated rings. The molecule has 28 heavy (non-hydrogen) atoms. The molecule has 2 aromatic heterocycles. The van der Waals surface area contributed by atoms with Crippen LogP contribution in [0.4, 0.5) is 0 Å². The Balaban J connectivity index is 1.99. The lowest BCUT2D eigenvalue weighted by Gasteiger charge is -2.30. The third kappa shape index (κ3) is 3.76. The van der Waals surface area contributed by atoms with Crippen molar-refractivity contribution in [2.75, 3.05) is 13.1 Å². The maximum Gasteiger partial charge on any atom is 0.332 e. The van der Waals surface area contributed by atoms with Crippen molar-refractivity contribution in [3.8, 4) is 0 Å². The molecule has 0 bridgehead atoms. The van der Waals surface area contributed by atoms with Gasteiger partial charge in [-0.3, -0.25) is 23.6 Å². The largest absolute Gasteiger partial charge is 0.369 e. The second-order valence-electron chi connectivity index (χ2n) is 8.19. The van der Waals surface area contributed by atoms with Crippen molar-refractivity contribution in [1.82, 2.24) is 23.6 Å². The van der Waals surface area contributed by atoms with Gasteiger partial charge in [0.25, 0.3) is 5.56 Å². The van der Waals surface area contributed by atoms with Gasteiger partial charge in [0.15, 0.2) is 11.2 Å². The zero-order chi connectivity index (χ0) is 20.6. The molecule has 2 N–H and O–H groups in total. The molecule has 3 heterocycles. The van der Waals surface area contributed by atoms with Gasteiger partial charge in [0.1, 0.15) is 5.82 Å². The summed E-state index contributed by atoms with van der Waals surface area (Å²) >= 11 is 0. The number of amides is 1. The average Bonchev–Trinajstić information content (AvgIpc) is 3.01. The topological polar surface area (TPSA) is 108 Å². The van der Waals surface area contributed by atoms with Gasteiger partial charge in [-0.2, -0.15) is 0 Å². The van der Waals surface area contributed by atoms with E-state index in [1.165, 1.54) is 11.6 Å². The number of carbonyl (C=O) groups excluding carboxylic acids is 1. The van der Waals surface area contributed by atoms with Crippen LogP contribution in [-0.2, 0) is 32.0 Å². The van der Waals surface area contributed by atoms with E-state index in [0.29, 0.717) is 30.2 Å². The van der Waals surface area contributed by atoms with E-state index in [1.807, 2.05) is 4.57 Å². The predicted octanol–water partition coefficient (Wildman–Crippen LogP) is 0.177. The first-order chi connectivity index (χ1) is 13.2. The van der Waals surface area contributed by atoms with Crippen molar-refractivity contribution in [3.63, 3.8) is 0 Å². The molecule has 9 nitrogen and oxygen atoms in total. The van der Waals surface area contributed by atoms with E-state index >= 15 is 0 Å². The molecule has 0 aliphatic carbocycles. The predicted molar refractivity (Wildman–Crippen MR) is 107 cm³/mol. The fraction of sp³-hybridized carbons (Fsp3) is 0.684. The van der Waals surface area contributed by atoms with E-state index in [1.54, 1.807) is 7.05 Å². The van der Waals surface area contributed by atoms with Crippen LogP contribution >= 0.6 is 0 Å². The maximum absolute atomic E-state index is 12.8. The molecule has 1 amide bonds. The second kappa shape index (κ2) is 7.90. The van der Waals surface area contributed by atoms with Crippen LogP contribution in [0.15, 0.2) is 9.59 Å². The molecule has 154 valence electrons. The highest BCUT2D eigenvalue weighted by Gasteiger charge is 2.25. The number of aromatic nitrogens is 4. The van der Waals surface area contributed by atoms with Crippen LogP contribution in [0.25, 0.3) is 11.2 Å². The third-order valence-electron chi connectivity index (χ3n) is 5.71. The first-order valence-corrected chi connectivity index (χ1v) is 9.87. The summed E-state index contributed by atoms with van der Waals surface area (Å²) in [7, 11) is 3.14. The van der Waals surface area contributed by atoms with Gasteiger partial charge in [-0.25, -0.2) is 9.78 Å². The van der Waals surface area contributed by atoms with Crippen molar-refractivity contribution in [1.29, 1.82) is 0 Å². The number of likely N-dealkylation sites (tertiary alicyclic amines) is 1. The molecule has 0 saturated carbocycles. The quantitative estimate of drug-likeness (QED) is 0.757. The molecule has 0 aromatic carbocycles. The minimum atomic E-state index is -0.375. The molecule has 0 spiro atoms. The zero-order valence-electron chi connectivity index (χ0n) is 17.1. The Morgan fingerprint density at radius 3 is 2.39 bits per heavy atom. The number of hydrogen-bond acceptors (Lipinski definition) is 5. The number of carbonyl (C=O) groups is 1. The van der Waals surface area contributed by atoms with Crippen molar-refractivity contribution in [2.24, 2.45) is 31.7 Å². The molecule has 1 aliphatic rings. The standard InChI is InChI=1S/C19H30N6O3/c1-12(2)5-10-25-14(11-24-8-6-13(7-9-24)16(20)26)21-17-15(25)18(27)23(4)19(28)22(17)3/h12-13H,5-11H2,1-4H3,(H2,20,26). The molecule has 9 heteroatoms. The molecule has 0 radical (unpaired) electrons. The zero-order valence-corrected chi connectivity index (χ0v) is 17.1. The lowest BCUT2D eigenvalue weighted by atomic mass is 9.96. The maximum atomic E-state index is 12.8. The van der Waals surface area contributed by atoms with Crippen molar-refractivity contribution in [2.45, 2.75) is 46.2 Å². The summed E-state index contributed by atoms with van der Waals surface area (Å²) in [6.45, 7) is 7.06. The molecule has 0 unspecified atom stereocenters. The van der Waals surface area contributed by atoms with E-state index in [2.05, 4.69) is 23.7 Å². The number of imidazole rings is 1. The Bertz CT molecular complexity index is 992. The normalized spacial score (nSPS) is 16.3. The van der Waals surface area contributed by atoms with E-state index in [0.717, 1.165) is 42.7 Å². The highest BCUT2D eigenvalue weighted by atomic mass is 16.2. The van der Waals surface area contributed by atoms with E-state index < -0.39 is 0 Å². The summed E-state index contributed by atoms with van der Waals surface area (Å²) < 4.78 is 4.54. The first-order valence-electron chi connectivity index (χ1n) is 9.87. The fourth-order valence-corrected chi connectivity index (χ4v) is 3.82. The van der Waals surface area contributed by atoms with E-state index in [9.17, 15) is 14.4 Å². The highest BCUT2D eigenvalue weighted by Crippen LogP contribution is 2.20. The summed E-state index contributed by atoms with van der Waals surface area (Å²) in [6.07, 6.45) is 2.39. The van der Waals surface area contributed by atoms with Crippen LogP contribution < -0.4 is 17.0 Å². The smallest absolute Gasteiger partial charge is 0.332 e. The van der Waals surface area contributed by atoms with Crippen LogP contribution in [-0.4, -0.2) is 42.6 Å². The lowest BCUT2D eigenvalue weighted by molar-refractivity contribution is -0.123. The highest BCUT2D eigenvalue weighted by molar-refractivity contribution is 5.76. The van der Waals surface area contributed by atoms with Gasteiger partial charge in [0, 0.05) is 26.6 Å². The minimum absolute atomic E-state index is 0.0656. The van der Waals surface area contributed by atoms with Crippen LogP contribution in [0.3, 0.4) is 0 Å². The van der Waals surface area contributed by atoms with Crippen molar-refractivity contribution in [3.05, 3.63) is 26.7 Å². The summed E-state index contributed by atoms with van der Waals surface area (Å²) in [4.78, 5) is 43.4. The average molecular weight is 390 g/mol. The summed E-state index contributed by atoms with van der Waals surface area (Å²) in [6, 6.07) is 0. The molecule has 0 atom stereocenters. The molecular formula is C19H30N6O3. The fourth-order valence-electron chi connectivity index (χ4n) is 3.82. The first kappa shape index (κ1) is 20.3. The van der Waals surface area contributed by atoms with Crippen LogP contribution in [0.5, 0.6) is 0 Å². The number of nitrogens with zero attached hydrogens (tertiary/aromatic N) is 5. The Morgan fingerprint density at radius 2 is 1.82 bits per heavy atom. The summed E-state index contributed by atoms with van der Waals surface area (Å²) in [5.74, 6) is 0.964. The number of piperidine rings is 1. The molecule has 2 aromatic rings. The van der Waals surface area contributed by atoms with Crippen LogP contribution in [0.2, 0.25) is 0 Å². The number of nitrogens with two attached hydrogens (primary N) is 1. The van der Waals surface area contributed by atoms with Crippen molar-refractivity contribution >= 4 is 17.1 Å².